The van der Waals surface area contributed by atoms with E-state index in [0.29, 0.717) is 34.2 Å². The standard InChI is InChI=1S/C20H26N4O4/c1-11-9-21-13(3)15(23-11)19(5,6)27-17(25)18(26)28-20(7,8)16-14(4)22-10-12(2)24-16/h9-10H,1-8H3. The van der Waals surface area contributed by atoms with Gasteiger partial charge in [0.1, 0.15) is 11.4 Å². The number of esters is 2. The van der Waals surface area contributed by atoms with Gasteiger partial charge in [-0.15, -0.1) is 0 Å². The van der Waals surface area contributed by atoms with Gasteiger partial charge in [0.2, 0.25) is 0 Å². The minimum Gasteiger partial charge on any atom is -0.445 e. The lowest BCUT2D eigenvalue weighted by Gasteiger charge is -2.28. The molecule has 8 heteroatoms. The molecule has 150 valence electrons. The molecule has 0 aliphatic rings. The van der Waals surface area contributed by atoms with E-state index in [9.17, 15) is 9.59 Å². The number of nitrogens with zero attached hydrogens (tertiary/aromatic N) is 4. The maximum Gasteiger partial charge on any atom is 0.418 e. The summed E-state index contributed by atoms with van der Waals surface area (Å²) in [4.78, 5) is 42.1. The van der Waals surface area contributed by atoms with Gasteiger partial charge in [-0.05, 0) is 55.4 Å². The molecule has 0 bridgehead atoms. The number of carbonyl (C=O) groups is 2. The van der Waals surface area contributed by atoms with E-state index >= 15 is 0 Å². The molecule has 28 heavy (non-hydrogen) atoms. The molecule has 0 aliphatic carbocycles. The number of aryl methyl sites for hydroxylation is 4. The van der Waals surface area contributed by atoms with Crippen molar-refractivity contribution in [3.05, 3.63) is 46.6 Å². The molecule has 2 heterocycles. The first-order chi connectivity index (χ1) is 12.8. The van der Waals surface area contributed by atoms with E-state index in [0.717, 1.165) is 0 Å². The first-order valence-electron chi connectivity index (χ1n) is 8.91. The number of carbonyl (C=O) groups excluding carboxylic acids is 2. The number of hydrogen-bond donors (Lipinski definition) is 0. The largest absolute Gasteiger partial charge is 0.445 e. The van der Waals surface area contributed by atoms with Crippen LogP contribution in [0.15, 0.2) is 12.4 Å². The Kier molecular flexibility index (Phi) is 5.82. The molecule has 0 radical (unpaired) electrons. The van der Waals surface area contributed by atoms with Gasteiger partial charge in [-0.2, -0.15) is 0 Å². The second-order valence-corrected chi connectivity index (χ2v) is 7.69. The van der Waals surface area contributed by atoms with Crippen LogP contribution in [-0.4, -0.2) is 31.9 Å². The van der Waals surface area contributed by atoms with Crippen LogP contribution in [0.5, 0.6) is 0 Å². The van der Waals surface area contributed by atoms with Gasteiger partial charge in [0.25, 0.3) is 0 Å². The number of ether oxygens (including phenoxy) is 2. The minimum atomic E-state index is -1.15. The van der Waals surface area contributed by atoms with Gasteiger partial charge in [0.05, 0.1) is 22.8 Å². The average molecular weight is 386 g/mol. The summed E-state index contributed by atoms with van der Waals surface area (Å²) < 4.78 is 10.8. The molecule has 2 aromatic heterocycles. The predicted molar refractivity (Wildman–Crippen MR) is 101 cm³/mol. The zero-order valence-corrected chi connectivity index (χ0v) is 17.6. The Morgan fingerprint density at radius 3 is 1.36 bits per heavy atom. The molecule has 0 aromatic carbocycles. The molecule has 2 rings (SSSR count). The van der Waals surface area contributed by atoms with E-state index in [1.165, 1.54) is 0 Å². The third-order valence-electron chi connectivity index (χ3n) is 4.15. The fourth-order valence-electron chi connectivity index (χ4n) is 2.86. The molecule has 2 aromatic rings. The average Bonchev–Trinajstić information content (AvgIpc) is 2.58. The van der Waals surface area contributed by atoms with Gasteiger partial charge in [0.15, 0.2) is 11.2 Å². The second-order valence-electron chi connectivity index (χ2n) is 7.69. The van der Waals surface area contributed by atoms with Crippen LogP contribution in [0.3, 0.4) is 0 Å². The quantitative estimate of drug-likeness (QED) is 0.583. The Hall–Kier alpha value is -2.90. The molecule has 0 atom stereocenters. The van der Waals surface area contributed by atoms with Crippen molar-refractivity contribution in [1.29, 1.82) is 0 Å². The highest BCUT2D eigenvalue weighted by atomic mass is 16.6. The van der Waals surface area contributed by atoms with E-state index in [1.54, 1.807) is 67.8 Å². The van der Waals surface area contributed by atoms with Crippen LogP contribution >= 0.6 is 0 Å². The number of aromatic nitrogens is 4. The molecule has 0 aliphatic heterocycles. The molecular weight excluding hydrogens is 360 g/mol. The van der Waals surface area contributed by atoms with Gasteiger partial charge >= 0.3 is 11.9 Å². The topological polar surface area (TPSA) is 104 Å². The highest BCUT2D eigenvalue weighted by Gasteiger charge is 2.37. The summed E-state index contributed by atoms with van der Waals surface area (Å²) in [6, 6.07) is 0. The number of rotatable bonds is 4. The lowest BCUT2D eigenvalue weighted by atomic mass is 10.0. The molecule has 0 spiro atoms. The van der Waals surface area contributed by atoms with Crippen LogP contribution in [0.25, 0.3) is 0 Å². The fourth-order valence-corrected chi connectivity index (χ4v) is 2.86. The maximum absolute atomic E-state index is 12.4. The minimum absolute atomic E-state index is 0.480. The Labute approximate surface area is 164 Å². The molecule has 0 saturated carbocycles. The highest BCUT2D eigenvalue weighted by molar-refractivity contribution is 6.29. The summed E-state index contributed by atoms with van der Waals surface area (Å²) in [5.41, 5.74) is 1.25. The zero-order valence-electron chi connectivity index (χ0n) is 17.6. The normalized spacial score (nSPS) is 11.9. The Bertz CT molecular complexity index is 847. The van der Waals surface area contributed by atoms with Gasteiger partial charge in [0, 0.05) is 12.4 Å². The zero-order chi connectivity index (χ0) is 21.3. The van der Waals surface area contributed by atoms with Crippen molar-refractivity contribution < 1.29 is 19.1 Å². The molecule has 0 fully saturated rings. The molecule has 0 amide bonds. The molecule has 8 nitrogen and oxygen atoms in total. The van der Waals surface area contributed by atoms with Crippen molar-refractivity contribution in [2.75, 3.05) is 0 Å². The van der Waals surface area contributed by atoms with E-state index in [4.69, 9.17) is 9.47 Å². The molecule has 0 unspecified atom stereocenters. The summed E-state index contributed by atoms with van der Waals surface area (Å²) in [7, 11) is 0. The van der Waals surface area contributed by atoms with Crippen LogP contribution in [0.2, 0.25) is 0 Å². The Morgan fingerprint density at radius 1 is 0.714 bits per heavy atom. The van der Waals surface area contributed by atoms with Crippen molar-refractivity contribution in [3.63, 3.8) is 0 Å². The smallest absolute Gasteiger partial charge is 0.418 e. The van der Waals surface area contributed by atoms with Crippen molar-refractivity contribution in [2.45, 2.75) is 66.6 Å². The lowest BCUT2D eigenvalue weighted by molar-refractivity contribution is -0.184. The summed E-state index contributed by atoms with van der Waals surface area (Å²) in [6.07, 6.45) is 3.25. The summed E-state index contributed by atoms with van der Waals surface area (Å²) in [6.45, 7) is 13.7. The monoisotopic (exact) mass is 386 g/mol. The van der Waals surface area contributed by atoms with Crippen LogP contribution in [-0.2, 0) is 30.3 Å². The van der Waals surface area contributed by atoms with Crippen molar-refractivity contribution in [3.8, 4) is 0 Å². The van der Waals surface area contributed by atoms with Crippen molar-refractivity contribution in [2.24, 2.45) is 0 Å². The summed E-state index contributed by atoms with van der Waals surface area (Å²) in [5, 5.41) is 0. The first kappa shape index (κ1) is 21.4. The SMILES string of the molecule is Cc1cnc(C)c(C(C)(C)OC(=O)C(=O)OC(C)(C)c2nc(C)cnc2C)n1. The second kappa shape index (κ2) is 7.61. The third kappa shape index (κ3) is 4.68. The fraction of sp³-hybridized carbons (Fsp3) is 0.500. The summed E-state index contributed by atoms with van der Waals surface area (Å²) in [5.74, 6) is -2.22. The van der Waals surface area contributed by atoms with Crippen LogP contribution in [0.1, 0.15) is 61.9 Å². The van der Waals surface area contributed by atoms with Crippen LogP contribution < -0.4 is 0 Å². The van der Waals surface area contributed by atoms with E-state index in [-0.39, 0.29) is 0 Å². The number of hydrogen-bond acceptors (Lipinski definition) is 8. The van der Waals surface area contributed by atoms with Crippen LogP contribution in [0.4, 0.5) is 0 Å². The van der Waals surface area contributed by atoms with Crippen molar-refractivity contribution in [1.82, 2.24) is 19.9 Å². The van der Waals surface area contributed by atoms with Crippen LogP contribution in [0, 0.1) is 27.7 Å². The Balaban J connectivity index is 2.19. The lowest BCUT2D eigenvalue weighted by Crippen LogP contribution is -2.36. The predicted octanol–water partition coefficient (Wildman–Crippen LogP) is 2.76. The third-order valence-corrected chi connectivity index (χ3v) is 4.15. The molecule has 0 N–H and O–H groups in total. The summed E-state index contributed by atoms with van der Waals surface area (Å²) >= 11 is 0. The molecule has 0 saturated heterocycles. The van der Waals surface area contributed by atoms with E-state index < -0.39 is 23.1 Å². The first-order valence-corrected chi connectivity index (χ1v) is 8.91. The van der Waals surface area contributed by atoms with E-state index in [1.807, 2.05) is 0 Å². The molecular formula is C20H26N4O4. The van der Waals surface area contributed by atoms with Gasteiger partial charge in [-0.1, -0.05) is 0 Å². The van der Waals surface area contributed by atoms with E-state index in [2.05, 4.69) is 19.9 Å². The van der Waals surface area contributed by atoms with Crippen molar-refractivity contribution >= 4 is 11.9 Å². The maximum atomic E-state index is 12.4. The van der Waals surface area contributed by atoms with Gasteiger partial charge in [-0.25, -0.2) is 9.59 Å². The Morgan fingerprint density at radius 2 is 1.04 bits per heavy atom. The highest BCUT2D eigenvalue weighted by Crippen LogP contribution is 2.28. The van der Waals surface area contributed by atoms with Gasteiger partial charge in [-0.3, -0.25) is 19.9 Å². The van der Waals surface area contributed by atoms with Gasteiger partial charge < -0.3 is 9.47 Å².